The van der Waals surface area contributed by atoms with E-state index in [1.54, 1.807) is 7.11 Å². The molecule has 0 saturated carbocycles. The minimum Gasteiger partial charge on any atom is -0.496 e. The maximum absolute atomic E-state index is 10.5. The average Bonchev–Trinajstić information content (AvgIpc) is 2.93. The molecule has 0 bridgehead atoms. The fourth-order valence-corrected chi connectivity index (χ4v) is 5.80. The molecule has 3 aromatic rings. The molecule has 0 saturated heterocycles. The Morgan fingerprint density at radius 2 is 1.72 bits per heavy atom. The van der Waals surface area contributed by atoms with Gasteiger partial charge in [0, 0.05) is 37.0 Å². The predicted molar refractivity (Wildman–Crippen MR) is 137 cm³/mol. The third-order valence-corrected chi connectivity index (χ3v) is 7.45. The van der Waals surface area contributed by atoms with Gasteiger partial charge in [-0.1, -0.05) is 66.7 Å². The van der Waals surface area contributed by atoms with Crippen molar-refractivity contribution in [1.29, 1.82) is 15.8 Å². The van der Waals surface area contributed by atoms with Crippen LogP contribution in [0.3, 0.4) is 0 Å². The Morgan fingerprint density at radius 1 is 1.00 bits per heavy atom. The largest absolute Gasteiger partial charge is 0.496 e. The molecule has 2 aliphatic rings. The zero-order chi connectivity index (χ0) is 25.3. The first kappa shape index (κ1) is 23.2. The lowest BCUT2D eigenvalue weighted by atomic mass is 9.57. The summed E-state index contributed by atoms with van der Waals surface area (Å²) in [6.45, 7) is 1.93. The highest BCUT2D eigenvalue weighted by molar-refractivity contribution is 5.89. The Hall–Kier alpha value is -4.57. The van der Waals surface area contributed by atoms with Crippen LogP contribution in [-0.4, -0.2) is 25.1 Å². The molecule has 1 heterocycles. The summed E-state index contributed by atoms with van der Waals surface area (Å²) >= 11 is 0. The summed E-state index contributed by atoms with van der Waals surface area (Å²) < 4.78 is 5.81. The standard InChI is InChI=1S/C30H25N5O/c1-36-26-12-11-21-9-5-6-10-22(21)27(26)28-25-17-35(16-20-7-3-2-4-8-20)14-13-23(25)24(15-31)29(34)30(28,18-32)19-33/h2-13,25,28H,14,16-17,34H2,1H3/t25-,28-/m1/s1. The Balaban J connectivity index is 1.76. The van der Waals surface area contributed by atoms with Crippen LogP contribution in [0.15, 0.2) is 89.6 Å². The summed E-state index contributed by atoms with van der Waals surface area (Å²) in [5, 5.41) is 33.0. The fourth-order valence-electron chi connectivity index (χ4n) is 5.80. The highest BCUT2D eigenvalue weighted by atomic mass is 16.5. The van der Waals surface area contributed by atoms with Crippen LogP contribution in [0.5, 0.6) is 5.75 Å². The van der Waals surface area contributed by atoms with Gasteiger partial charge in [0.1, 0.15) is 11.8 Å². The topological polar surface area (TPSA) is 110 Å². The monoisotopic (exact) mass is 471 g/mol. The molecule has 2 N–H and O–H groups in total. The molecule has 3 aromatic carbocycles. The first-order valence-corrected chi connectivity index (χ1v) is 11.8. The molecule has 176 valence electrons. The van der Waals surface area contributed by atoms with Crippen LogP contribution in [0.4, 0.5) is 0 Å². The molecule has 5 rings (SSSR count). The summed E-state index contributed by atoms with van der Waals surface area (Å²) in [7, 11) is 1.59. The normalized spacial score (nSPS) is 21.0. The second-order valence-corrected chi connectivity index (χ2v) is 9.26. The van der Waals surface area contributed by atoms with E-state index < -0.39 is 11.3 Å². The zero-order valence-electron chi connectivity index (χ0n) is 20.0. The summed E-state index contributed by atoms with van der Waals surface area (Å²) in [5.41, 5.74) is 7.84. The van der Waals surface area contributed by atoms with Gasteiger partial charge < -0.3 is 10.5 Å². The van der Waals surface area contributed by atoms with Gasteiger partial charge in [0.15, 0.2) is 5.41 Å². The Labute approximate surface area is 210 Å². The molecule has 6 nitrogen and oxygen atoms in total. The molecule has 0 unspecified atom stereocenters. The number of nitrogens with zero attached hydrogens (tertiary/aromatic N) is 4. The number of fused-ring (bicyclic) bond motifs is 2. The van der Waals surface area contributed by atoms with Crippen LogP contribution in [0, 0.1) is 45.3 Å². The second-order valence-electron chi connectivity index (χ2n) is 9.26. The lowest BCUT2D eigenvalue weighted by Gasteiger charge is -2.46. The fraction of sp³-hybridized carbons (Fsp3) is 0.233. The van der Waals surface area contributed by atoms with Gasteiger partial charge in [-0.05, 0) is 28.0 Å². The molecule has 2 atom stereocenters. The Morgan fingerprint density at radius 3 is 2.42 bits per heavy atom. The van der Waals surface area contributed by atoms with Crippen molar-refractivity contribution in [2.75, 3.05) is 20.2 Å². The van der Waals surface area contributed by atoms with Crippen molar-refractivity contribution in [3.05, 3.63) is 101 Å². The lowest BCUT2D eigenvalue weighted by Crippen LogP contribution is -2.48. The Kier molecular flexibility index (Phi) is 5.95. The van der Waals surface area contributed by atoms with Crippen LogP contribution in [0.25, 0.3) is 10.8 Å². The van der Waals surface area contributed by atoms with Crippen LogP contribution < -0.4 is 10.5 Å². The van der Waals surface area contributed by atoms with Gasteiger partial charge in [0.2, 0.25) is 0 Å². The number of hydrogen-bond donors (Lipinski definition) is 1. The summed E-state index contributed by atoms with van der Waals surface area (Å²) in [6.07, 6.45) is 2.03. The lowest BCUT2D eigenvalue weighted by molar-refractivity contribution is 0.200. The van der Waals surface area contributed by atoms with E-state index in [2.05, 4.69) is 35.2 Å². The van der Waals surface area contributed by atoms with Crippen LogP contribution >= 0.6 is 0 Å². The second kappa shape index (κ2) is 9.23. The van der Waals surface area contributed by atoms with E-state index in [0.29, 0.717) is 25.4 Å². The predicted octanol–water partition coefficient (Wildman–Crippen LogP) is 4.77. The minimum absolute atomic E-state index is 0.0222. The van der Waals surface area contributed by atoms with Crippen LogP contribution in [0.1, 0.15) is 17.0 Å². The van der Waals surface area contributed by atoms with Gasteiger partial charge in [0.25, 0.3) is 0 Å². The van der Waals surface area contributed by atoms with E-state index in [9.17, 15) is 15.8 Å². The van der Waals surface area contributed by atoms with Gasteiger partial charge in [-0.2, -0.15) is 15.8 Å². The van der Waals surface area contributed by atoms with Gasteiger partial charge in [-0.15, -0.1) is 0 Å². The van der Waals surface area contributed by atoms with Gasteiger partial charge in [-0.25, -0.2) is 0 Å². The van der Waals surface area contributed by atoms with E-state index in [4.69, 9.17) is 10.5 Å². The van der Waals surface area contributed by atoms with Gasteiger partial charge in [0.05, 0.1) is 30.5 Å². The van der Waals surface area contributed by atoms with Crippen molar-refractivity contribution < 1.29 is 4.74 Å². The van der Waals surface area contributed by atoms with Gasteiger partial charge in [-0.3, -0.25) is 4.90 Å². The molecule has 1 aliphatic carbocycles. The molecule has 0 spiro atoms. The molecular weight excluding hydrogens is 446 g/mol. The summed E-state index contributed by atoms with van der Waals surface area (Å²) in [4.78, 5) is 2.28. The number of methoxy groups -OCH3 is 1. The van der Waals surface area contributed by atoms with Crippen molar-refractivity contribution in [3.8, 4) is 24.0 Å². The van der Waals surface area contributed by atoms with Crippen molar-refractivity contribution in [2.24, 2.45) is 17.1 Å². The Bertz CT molecular complexity index is 1500. The van der Waals surface area contributed by atoms with Crippen molar-refractivity contribution in [2.45, 2.75) is 12.5 Å². The number of ether oxygens (including phenoxy) is 1. The summed E-state index contributed by atoms with van der Waals surface area (Å²) in [5.74, 6) is -0.333. The number of allylic oxidation sites excluding steroid dienone is 2. The third kappa shape index (κ3) is 3.50. The first-order chi connectivity index (χ1) is 17.6. The molecule has 6 heteroatoms. The van der Waals surface area contributed by atoms with Gasteiger partial charge >= 0.3 is 0 Å². The molecule has 36 heavy (non-hydrogen) atoms. The minimum atomic E-state index is -1.72. The third-order valence-electron chi connectivity index (χ3n) is 7.45. The van der Waals surface area contributed by atoms with Crippen molar-refractivity contribution >= 4 is 10.8 Å². The first-order valence-electron chi connectivity index (χ1n) is 11.8. The highest BCUT2D eigenvalue weighted by Gasteiger charge is 2.55. The van der Waals surface area contributed by atoms with E-state index in [0.717, 1.165) is 21.9 Å². The maximum Gasteiger partial charge on any atom is 0.191 e. The molecular formula is C30H25N5O. The number of hydrogen-bond acceptors (Lipinski definition) is 6. The average molecular weight is 472 g/mol. The number of nitrogens with two attached hydrogens (primary N) is 1. The summed E-state index contributed by atoms with van der Waals surface area (Å²) in [6, 6.07) is 28.6. The zero-order valence-corrected chi connectivity index (χ0v) is 20.0. The number of rotatable bonds is 4. The molecule has 1 aliphatic heterocycles. The number of benzene rings is 3. The molecule has 0 fully saturated rings. The molecule has 0 amide bonds. The van der Waals surface area contributed by atoms with Crippen molar-refractivity contribution in [1.82, 2.24) is 4.90 Å². The SMILES string of the molecule is COc1ccc2ccccc2c1[C@H]1[C@@H]2CN(Cc3ccccc3)CC=C2C(C#N)=C(N)C1(C#N)C#N. The number of nitriles is 3. The van der Waals surface area contributed by atoms with E-state index in [1.807, 2.05) is 60.7 Å². The van der Waals surface area contributed by atoms with Crippen LogP contribution in [-0.2, 0) is 6.54 Å². The van der Waals surface area contributed by atoms with Crippen LogP contribution in [0.2, 0.25) is 0 Å². The smallest absolute Gasteiger partial charge is 0.191 e. The molecule has 0 radical (unpaired) electrons. The van der Waals surface area contributed by atoms with Crippen molar-refractivity contribution in [3.63, 3.8) is 0 Å². The highest BCUT2D eigenvalue weighted by Crippen LogP contribution is 2.57. The van der Waals surface area contributed by atoms with E-state index in [1.165, 1.54) is 5.56 Å². The van der Waals surface area contributed by atoms with E-state index in [-0.39, 0.29) is 17.2 Å². The molecule has 0 aromatic heterocycles. The quantitative estimate of drug-likeness (QED) is 0.587. The van der Waals surface area contributed by atoms with E-state index >= 15 is 0 Å². The maximum atomic E-state index is 10.5.